The molecule has 110 valence electrons. The minimum Gasteiger partial charge on any atom is -0.481 e. The van der Waals surface area contributed by atoms with Gasteiger partial charge in [0.25, 0.3) is 0 Å². The molecule has 0 aromatic carbocycles. The number of rotatable bonds is 6. The number of sulfone groups is 1. The van der Waals surface area contributed by atoms with Crippen LogP contribution in [0.4, 0.5) is 4.79 Å². The molecule has 1 unspecified atom stereocenters. The smallest absolute Gasteiger partial charge is 0.317 e. The van der Waals surface area contributed by atoms with Gasteiger partial charge in [0.1, 0.15) is 9.84 Å². The van der Waals surface area contributed by atoms with Gasteiger partial charge >= 0.3 is 12.0 Å². The first-order chi connectivity index (χ1) is 8.78. The molecule has 1 aliphatic heterocycles. The number of likely N-dealkylation sites (tertiary alicyclic amines) is 1. The van der Waals surface area contributed by atoms with Gasteiger partial charge in [0.05, 0.1) is 5.75 Å². The van der Waals surface area contributed by atoms with Gasteiger partial charge in [-0.3, -0.25) is 4.79 Å². The Morgan fingerprint density at radius 2 is 2.11 bits per heavy atom. The van der Waals surface area contributed by atoms with Crippen LogP contribution in [-0.2, 0) is 14.6 Å². The van der Waals surface area contributed by atoms with E-state index in [9.17, 15) is 18.0 Å². The van der Waals surface area contributed by atoms with Crippen molar-refractivity contribution in [2.24, 2.45) is 5.92 Å². The highest BCUT2D eigenvalue weighted by atomic mass is 32.2. The minimum atomic E-state index is -3.07. The van der Waals surface area contributed by atoms with Crippen LogP contribution in [0.3, 0.4) is 0 Å². The fraction of sp³-hybridized carbons (Fsp3) is 0.818. The van der Waals surface area contributed by atoms with Crippen LogP contribution in [0, 0.1) is 5.92 Å². The summed E-state index contributed by atoms with van der Waals surface area (Å²) in [5.41, 5.74) is 0. The van der Waals surface area contributed by atoms with E-state index in [0.717, 1.165) is 12.7 Å². The quantitative estimate of drug-likeness (QED) is 0.713. The van der Waals surface area contributed by atoms with Crippen molar-refractivity contribution < 1.29 is 23.1 Å². The second kappa shape index (κ2) is 6.74. The van der Waals surface area contributed by atoms with E-state index in [1.165, 1.54) is 0 Å². The average Bonchev–Trinajstić information content (AvgIpc) is 2.73. The molecule has 8 heteroatoms. The van der Waals surface area contributed by atoms with E-state index in [2.05, 4.69) is 5.32 Å². The predicted octanol–water partition coefficient (Wildman–Crippen LogP) is -0.0727. The van der Waals surface area contributed by atoms with E-state index in [1.807, 2.05) is 0 Å². The predicted molar refractivity (Wildman–Crippen MR) is 69.7 cm³/mol. The summed E-state index contributed by atoms with van der Waals surface area (Å²) >= 11 is 0. The van der Waals surface area contributed by atoms with Crippen molar-refractivity contribution in [2.75, 3.05) is 31.6 Å². The topological polar surface area (TPSA) is 104 Å². The third-order valence-corrected chi connectivity index (χ3v) is 4.03. The molecule has 0 radical (unpaired) electrons. The first-order valence-corrected chi connectivity index (χ1v) is 8.26. The van der Waals surface area contributed by atoms with Gasteiger partial charge in [-0.2, -0.15) is 0 Å². The fourth-order valence-electron chi connectivity index (χ4n) is 2.04. The van der Waals surface area contributed by atoms with E-state index < -0.39 is 15.8 Å². The zero-order chi connectivity index (χ0) is 14.5. The van der Waals surface area contributed by atoms with Crippen molar-refractivity contribution in [3.63, 3.8) is 0 Å². The molecule has 1 heterocycles. The Morgan fingerprint density at radius 3 is 2.68 bits per heavy atom. The van der Waals surface area contributed by atoms with Gasteiger partial charge in [0.2, 0.25) is 0 Å². The lowest BCUT2D eigenvalue weighted by molar-refractivity contribution is -0.137. The molecule has 1 aliphatic rings. The molecule has 1 atom stereocenters. The minimum absolute atomic E-state index is 0.0744. The largest absolute Gasteiger partial charge is 0.481 e. The Balaban J connectivity index is 2.26. The van der Waals surface area contributed by atoms with Crippen LogP contribution in [0.25, 0.3) is 0 Å². The van der Waals surface area contributed by atoms with Gasteiger partial charge in [0.15, 0.2) is 0 Å². The molecular formula is C11H20N2O5S. The van der Waals surface area contributed by atoms with Gasteiger partial charge in [-0.15, -0.1) is 0 Å². The van der Waals surface area contributed by atoms with E-state index in [4.69, 9.17) is 5.11 Å². The van der Waals surface area contributed by atoms with Crippen molar-refractivity contribution >= 4 is 21.8 Å². The summed E-state index contributed by atoms with van der Waals surface area (Å²) in [6.45, 7) is 1.24. The summed E-state index contributed by atoms with van der Waals surface area (Å²) in [7, 11) is -3.07. The maximum Gasteiger partial charge on any atom is 0.317 e. The van der Waals surface area contributed by atoms with Gasteiger partial charge < -0.3 is 15.3 Å². The standard InChI is InChI=1S/C11H20N2O5S/c1-19(17,18)7-5-12-11(16)13-6-4-9(8-13)2-3-10(14)15/h9H,2-8H2,1H3,(H,12,16)(H,14,15). The summed E-state index contributed by atoms with van der Waals surface area (Å²) < 4.78 is 21.8. The van der Waals surface area contributed by atoms with Crippen LogP contribution in [-0.4, -0.2) is 62.1 Å². The summed E-state index contributed by atoms with van der Waals surface area (Å²) in [5.74, 6) is -0.678. The number of carboxylic acids is 1. The molecule has 1 rings (SSSR count). The number of urea groups is 1. The van der Waals surface area contributed by atoms with Crippen molar-refractivity contribution in [2.45, 2.75) is 19.3 Å². The Hall–Kier alpha value is -1.31. The van der Waals surface area contributed by atoms with Crippen LogP contribution in [0.5, 0.6) is 0 Å². The second-order valence-corrected chi connectivity index (χ2v) is 7.15. The van der Waals surface area contributed by atoms with Crippen molar-refractivity contribution in [1.29, 1.82) is 0 Å². The summed E-state index contributed by atoms with van der Waals surface area (Å²) in [6.07, 6.45) is 2.61. The second-order valence-electron chi connectivity index (χ2n) is 4.89. The lowest BCUT2D eigenvalue weighted by atomic mass is 10.0. The Bertz CT molecular complexity index is 434. The van der Waals surface area contributed by atoms with Crippen molar-refractivity contribution in [3.05, 3.63) is 0 Å². The van der Waals surface area contributed by atoms with E-state index in [0.29, 0.717) is 19.5 Å². The third-order valence-electron chi connectivity index (χ3n) is 3.09. The molecule has 7 nitrogen and oxygen atoms in total. The molecule has 0 bridgehead atoms. The molecule has 0 aromatic rings. The van der Waals surface area contributed by atoms with Gasteiger partial charge in [-0.1, -0.05) is 0 Å². The number of aliphatic carboxylic acids is 1. The van der Waals surface area contributed by atoms with Crippen LogP contribution < -0.4 is 5.32 Å². The molecule has 0 aliphatic carbocycles. The first kappa shape index (κ1) is 15.7. The molecule has 19 heavy (non-hydrogen) atoms. The lowest BCUT2D eigenvalue weighted by Gasteiger charge is -2.17. The number of carbonyl (C=O) groups excluding carboxylic acids is 1. The molecule has 0 saturated carbocycles. The molecule has 1 saturated heterocycles. The van der Waals surface area contributed by atoms with Crippen LogP contribution in [0.2, 0.25) is 0 Å². The Labute approximate surface area is 112 Å². The van der Waals surface area contributed by atoms with Gasteiger partial charge in [-0.25, -0.2) is 13.2 Å². The molecule has 0 aromatic heterocycles. The van der Waals surface area contributed by atoms with Crippen molar-refractivity contribution in [3.8, 4) is 0 Å². The zero-order valence-electron chi connectivity index (χ0n) is 11.0. The van der Waals surface area contributed by atoms with Crippen LogP contribution in [0.15, 0.2) is 0 Å². The van der Waals surface area contributed by atoms with E-state index in [1.54, 1.807) is 4.90 Å². The number of hydrogen-bond donors (Lipinski definition) is 2. The highest BCUT2D eigenvalue weighted by molar-refractivity contribution is 7.90. The number of carbonyl (C=O) groups is 2. The monoisotopic (exact) mass is 292 g/mol. The normalized spacial score (nSPS) is 19.4. The van der Waals surface area contributed by atoms with E-state index in [-0.39, 0.29) is 30.7 Å². The number of nitrogens with one attached hydrogen (secondary N) is 1. The lowest BCUT2D eigenvalue weighted by Crippen LogP contribution is -2.40. The zero-order valence-corrected chi connectivity index (χ0v) is 11.8. The van der Waals surface area contributed by atoms with Crippen molar-refractivity contribution in [1.82, 2.24) is 10.2 Å². The molecule has 0 spiro atoms. The SMILES string of the molecule is CS(=O)(=O)CCNC(=O)N1CCC(CCC(=O)O)C1. The van der Waals surface area contributed by atoms with Crippen LogP contribution >= 0.6 is 0 Å². The number of nitrogens with zero attached hydrogens (tertiary/aromatic N) is 1. The summed E-state index contributed by atoms with van der Waals surface area (Å²) in [6, 6.07) is -0.276. The summed E-state index contributed by atoms with van der Waals surface area (Å²) in [4.78, 5) is 23.8. The Kier molecular flexibility index (Phi) is 5.59. The van der Waals surface area contributed by atoms with Gasteiger partial charge in [-0.05, 0) is 18.8 Å². The fourth-order valence-corrected chi connectivity index (χ4v) is 2.51. The molecule has 2 amide bonds. The average molecular weight is 292 g/mol. The number of hydrogen-bond acceptors (Lipinski definition) is 4. The number of carboxylic acid groups (broad SMARTS) is 1. The number of amides is 2. The molecular weight excluding hydrogens is 272 g/mol. The van der Waals surface area contributed by atoms with E-state index >= 15 is 0 Å². The maximum atomic E-state index is 11.7. The van der Waals surface area contributed by atoms with Gasteiger partial charge in [0, 0.05) is 32.3 Å². The maximum absolute atomic E-state index is 11.7. The first-order valence-electron chi connectivity index (χ1n) is 6.20. The third kappa shape index (κ3) is 6.42. The Morgan fingerprint density at radius 1 is 1.42 bits per heavy atom. The van der Waals surface area contributed by atoms with Crippen LogP contribution in [0.1, 0.15) is 19.3 Å². The highest BCUT2D eigenvalue weighted by Crippen LogP contribution is 2.20. The molecule has 2 N–H and O–H groups in total. The molecule has 1 fully saturated rings. The highest BCUT2D eigenvalue weighted by Gasteiger charge is 2.26. The summed E-state index contributed by atoms with van der Waals surface area (Å²) in [5, 5.41) is 11.1.